The first-order valence-corrected chi connectivity index (χ1v) is 8.60. The minimum Gasteiger partial charge on any atom is -0.484 e. The van der Waals surface area contributed by atoms with Crippen LogP contribution in [0.4, 0.5) is 13.2 Å². The number of benzene rings is 1. The minimum absolute atomic E-state index is 0.120. The van der Waals surface area contributed by atoms with Crippen molar-refractivity contribution in [2.45, 2.75) is 44.0 Å². The van der Waals surface area contributed by atoms with Crippen LogP contribution in [-0.4, -0.2) is 40.2 Å². The van der Waals surface area contributed by atoms with Gasteiger partial charge in [-0.05, 0) is 43.5 Å². The fourth-order valence-corrected chi connectivity index (χ4v) is 3.47. The highest BCUT2D eigenvalue weighted by molar-refractivity contribution is 5.93. The van der Waals surface area contributed by atoms with Gasteiger partial charge in [-0.2, -0.15) is 28.5 Å². The maximum absolute atomic E-state index is 13.7. The van der Waals surface area contributed by atoms with Crippen LogP contribution in [0.15, 0.2) is 29.4 Å². The molecule has 1 fully saturated rings. The molecular formula is C18H18F3N3O3. The lowest BCUT2D eigenvalue weighted by atomic mass is 9.87. The van der Waals surface area contributed by atoms with Gasteiger partial charge in [-0.1, -0.05) is 12.8 Å². The molecular weight excluding hydrogens is 363 g/mol. The Hall–Kier alpha value is -2.60. The smallest absolute Gasteiger partial charge is 0.439 e. The maximum Gasteiger partial charge on any atom is 0.439 e. The van der Waals surface area contributed by atoms with Crippen molar-refractivity contribution < 1.29 is 27.8 Å². The molecule has 1 amide bonds. The van der Waals surface area contributed by atoms with Crippen LogP contribution in [0.25, 0.3) is 0 Å². The summed E-state index contributed by atoms with van der Waals surface area (Å²) in [5.74, 6) is -2.11. The topological polar surface area (TPSA) is 85.9 Å². The van der Waals surface area contributed by atoms with Crippen molar-refractivity contribution in [2.24, 2.45) is 11.0 Å². The number of hydrazone groups is 1. The molecule has 2 aliphatic rings. The highest BCUT2D eigenvalue weighted by atomic mass is 19.4. The van der Waals surface area contributed by atoms with Crippen LogP contribution in [0.1, 0.15) is 37.7 Å². The third kappa shape index (κ3) is 3.49. The fraction of sp³-hybridized carbons (Fsp3) is 0.500. The third-order valence-electron chi connectivity index (χ3n) is 4.86. The molecule has 6 nitrogen and oxygen atoms in total. The molecule has 1 aliphatic heterocycles. The van der Waals surface area contributed by atoms with Crippen LogP contribution in [0.2, 0.25) is 0 Å². The second kappa shape index (κ2) is 7.19. The van der Waals surface area contributed by atoms with Gasteiger partial charge in [-0.25, -0.2) is 0 Å². The molecule has 0 saturated heterocycles. The number of halogens is 3. The summed E-state index contributed by atoms with van der Waals surface area (Å²) in [6, 6.07) is 7.70. The molecule has 0 radical (unpaired) electrons. The number of aliphatic hydroxyl groups is 1. The summed E-state index contributed by atoms with van der Waals surface area (Å²) in [4.78, 5) is 12.4. The molecule has 2 atom stereocenters. The second-order valence-electron chi connectivity index (χ2n) is 6.60. The number of carbonyl (C=O) groups excluding carboxylic acids is 1. The van der Waals surface area contributed by atoms with E-state index in [2.05, 4.69) is 5.10 Å². The van der Waals surface area contributed by atoms with Crippen molar-refractivity contribution in [3.05, 3.63) is 29.8 Å². The summed E-state index contributed by atoms with van der Waals surface area (Å²) in [6.07, 6.45) is -2.63. The van der Waals surface area contributed by atoms with Gasteiger partial charge >= 0.3 is 6.18 Å². The molecule has 27 heavy (non-hydrogen) atoms. The van der Waals surface area contributed by atoms with Crippen LogP contribution >= 0.6 is 0 Å². The number of hydrogen-bond donors (Lipinski definition) is 1. The van der Waals surface area contributed by atoms with Gasteiger partial charge in [0.25, 0.3) is 11.6 Å². The van der Waals surface area contributed by atoms with Crippen molar-refractivity contribution >= 4 is 11.6 Å². The van der Waals surface area contributed by atoms with E-state index in [0.717, 1.165) is 6.42 Å². The van der Waals surface area contributed by atoms with E-state index in [0.29, 0.717) is 24.8 Å². The van der Waals surface area contributed by atoms with E-state index in [4.69, 9.17) is 10.00 Å². The zero-order chi connectivity index (χ0) is 19.7. The number of rotatable bonds is 3. The molecule has 0 aromatic heterocycles. The van der Waals surface area contributed by atoms with E-state index in [1.54, 1.807) is 0 Å². The Morgan fingerprint density at radius 2 is 2.04 bits per heavy atom. The van der Waals surface area contributed by atoms with Gasteiger partial charge in [0.2, 0.25) is 0 Å². The second-order valence-corrected chi connectivity index (χ2v) is 6.60. The molecule has 1 aromatic rings. The molecule has 1 saturated carbocycles. The number of amides is 1. The highest BCUT2D eigenvalue weighted by Crippen LogP contribution is 2.47. The lowest BCUT2D eigenvalue weighted by molar-refractivity contribution is -0.317. The predicted octanol–water partition coefficient (Wildman–Crippen LogP) is 2.97. The SMILES string of the molecule is N#Cc1ccc(OCC(=O)N2N=C3CCCCC[C@H]3[C@@]2(O)C(F)(F)F)cc1. The Morgan fingerprint density at radius 1 is 1.33 bits per heavy atom. The zero-order valence-corrected chi connectivity index (χ0v) is 14.4. The van der Waals surface area contributed by atoms with Gasteiger partial charge in [0.05, 0.1) is 17.6 Å². The minimum atomic E-state index is -5.04. The first-order chi connectivity index (χ1) is 12.8. The zero-order valence-electron chi connectivity index (χ0n) is 14.4. The predicted molar refractivity (Wildman–Crippen MR) is 88.5 cm³/mol. The Kier molecular flexibility index (Phi) is 5.11. The number of ether oxygens (including phenoxy) is 1. The molecule has 3 rings (SSSR count). The van der Waals surface area contributed by atoms with Gasteiger partial charge in [-0.3, -0.25) is 4.79 Å². The summed E-state index contributed by atoms with van der Waals surface area (Å²) in [7, 11) is 0. The first-order valence-electron chi connectivity index (χ1n) is 8.60. The molecule has 0 unspecified atom stereocenters. The van der Waals surface area contributed by atoms with Crippen LogP contribution in [-0.2, 0) is 4.79 Å². The highest BCUT2D eigenvalue weighted by Gasteiger charge is 2.68. The molecule has 0 spiro atoms. The van der Waals surface area contributed by atoms with Crippen molar-refractivity contribution in [1.29, 1.82) is 5.26 Å². The number of carbonyl (C=O) groups is 1. The number of nitriles is 1. The van der Waals surface area contributed by atoms with Crippen LogP contribution in [0.5, 0.6) is 5.75 Å². The van der Waals surface area contributed by atoms with Gasteiger partial charge in [0.1, 0.15) is 5.75 Å². The normalized spacial score (nSPS) is 25.2. The lowest BCUT2D eigenvalue weighted by Gasteiger charge is -2.37. The Bertz CT molecular complexity index is 786. The molecule has 1 N–H and O–H groups in total. The monoisotopic (exact) mass is 381 g/mol. The standard InChI is InChI=1S/C18H18F3N3O3/c19-18(20,21)17(26)14-4-2-1-3-5-15(14)23-24(17)16(25)11-27-13-8-6-12(10-22)7-9-13/h6-9,14,26H,1-5,11H2/t14-,17-/m1/s1. The van der Waals surface area contributed by atoms with Crippen molar-refractivity contribution in [1.82, 2.24) is 5.01 Å². The summed E-state index contributed by atoms with van der Waals surface area (Å²) in [5, 5.41) is 23.2. The van der Waals surface area contributed by atoms with E-state index in [1.807, 2.05) is 6.07 Å². The van der Waals surface area contributed by atoms with Gasteiger partial charge in [-0.15, -0.1) is 0 Å². The third-order valence-corrected chi connectivity index (χ3v) is 4.86. The largest absolute Gasteiger partial charge is 0.484 e. The molecule has 1 aliphatic carbocycles. The molecule has 1 aromatic carbocycles. The average Bonchev–Trinajstić information content (AvgIpc) is 2.79. The first kappa shape index (κ1) is 19.2. The summed E-state index contributed by atoms with van der Waals surface area (Å²) in [5.41, 5.74) is -2.76. The molecule has 1 heterocycles. The number of hydrogen-bond acceptors (Lipinski definition) is 5. The van der Waals surface area contributed by atoms with Crippen LogP contribution < -0.4 is 4.74 Å². The quantitative estimate of drug-likeness (QED) is 0.872. The Labute approximate surface area is 153 Å². The maximum atomic E-state index is 13.7. The average molecular weight is 381 g/mol. The Balaban J connectivity index is 1.79. The summed E-state index contributed by atoms with van der Waals surface area (Å²) in [6.45, 7) is -0.714. The van der Waals surface area contributed by atoms with E-state index >= 15 is 0 Å². The molecule has 0 bridgehead atoms. The lowest BCUT2D eigenvalue weighted by Crippen LogP contribution is -2.61. The fourth-order valence-electron chi connectivity index (χ4n) is 3.47. The van der Waals surface area contributed by atoms with E-state index in [-0.39, 0.29) is 22.9 Å². The van der Waals surface area contributed by atoms with Crippen LogP contribution in [0.3, 0.4) is 0 Å². The van der Waals surface area contributed by atoms with E-state index in [9.17, 15) is 23.1 Å². The van der Waals surface area contributed by atoms with Crippen LogP contribution in [0, 0.1) is 17.2 Å². The van der Waals surface area contributed by atoms with Gasteiger partial charge in [0, 0.05) is 5.71 Å². The van der Waals surface area contributed by atoms with E-state index in [1.165, 1.54) is 24.3 Å². The van der Waals surface area contributed by atoms with Gasteiger partial charge < -0.3 is 9.84 Å². The number of nitrogens with zero attached hydrogens (tertiary/aromatic N) is 3. The molecule has 9 heteroatoms. The number of alkyl halides is 3. The summed E-state index contributed by atoms with van der Waals surface area (Å²) < 4.78 is 46.4. The van der Waals surface area contributed by atoms with E-state index < -0.39 is 30.3 Å². The summed E-state index contributed by atoms with van der Waals surface area (Å²) >= 11 is 0. The van der Waals surface area contributed by atoms with Crippen molar-refractivity contribution in [3.63, 3.8) is 0 Å². The van der Waals surface area contributed by atoms with Crippen molar-refractivity contribution in [2.75, 3.05) is 6.61 Å². The van der Waals surface area contributed by atoms with Crippen molar-refractivity contribution in [3.8, 4) is 11.8 Å². The Morgan fingerprint density at radius 3 is 2.67 bits per heavy atom. The molecule has 144 valence electrons. The van der Waals surface area contributed by atoms with Gasteiger partial charge in [0.15, 0.2) is 6.61 Å². The number of fused-ring (bicyclic) bond motifs is 1.